The molecule has 0 unspecified atom stereocenters. The monoisotopic (exact) mass is 334 g/mol. The number of nitrogens with two attached hydrogens (primary N) is 1. The van der Waals surface area contributed by atoms with E-state index in [1.54, 1.807) is 6.07 Å². The van der Waals surface area contributed by atoms with Crippen molar-refractivity contribution in [2.75, 3.05) is 19.7 Å². The van der Waals surface area contributed by atoms with Gasteiger partial charge in [-0.05, 0) is 25.1 Å². The first-order valence-electron chi connectivity index (χ1n) is 5.69. The molecular weight excluding hydrogens is 320 g/mol. The zero-order valence-corrected chi connectivity index (χ0v) is 12.2. The molecule has 100 valence electrons. The highest BCUT2D eigenvalue weighted by Gasteiger charge is 2.25. The number of hydrogen-bond acceptors (Lipinski definition) is 4. The molecule has 7 heteroatoms. The van der Waals surface area contributed by atoms with Gasteiger partial charge in [-0.25, -0.2) is 13.1 Å². The van der Waals surface area contributed by atoms with E-state index < -0.39 is 10.0 Å². The SMILES string of the molecule is NCCCNS(=O)(=O)c1cc(Br)cc2c1OCC2. The molecule has 0 amide bonds. The average molecular weight is 335 g/mol. The van der Waals surface area contributed by atoms with Gasteiger partial charge in [0.25, 0.3) is 0 Å². The first-order valence-corrected chi connectivity index (χ1v) is 7.97. The second-order valence-corrected chi connectivity index (χ2v) is 6.68. The number of benzene rings is 1. The Hall–Kier alpha value is -0.630. The van der Waals surface area contributed by atoms with Crippen molar-refractivity contribution in [3.8, 4) is 5.75 Å². The molecule has 2 rings (SSSR count). The summed E-state index contributed by atoms with van der Waals surface area (Å²) >= 11 is 3.32. The molecule has 1 aromatic carbocycles. The number of hydrogen-bond donors (Lipinski definition) is 2. The summed E-state index contributed by atoms with van der Waals surface area (Å²) in [5, 5.41) is 0. The van der Waals surface area contributed by atoms with Crippen molar-refractivity contribution >= 4 is 26.0 Å². The third-order valence-electron chi connectivity index (χ3n) is 2.68. The fourth-order valence-corrected chi connectivity index (χ4v) is 3.76. The molecule has 0 saturated carbocycles. The molecule has 0 fully saturated rings. The lowest BCUT2D eigenvalue weighted by Crippen LogP contribution is -2.26. The van der Waals surface area contributed by atoms with Crippen molar-refractivity contribution in [3.05, 3.63) is 22.2 Å². The first kappa shape index (κ1) is 13.8. The van der Waals surface area contributed by atoms with Gasteiger partial charge in [0.1, 0.15) is 10.6 Å². The number of fused-ring (bicyclic) bond motifs is 1. The average Bonchev–Trinajstić information content (AvgIpc) is 2.75. The van der Waals surface area contributed by atoms with Gasteiger partial charge in [-0.2, -0.15) is 0 Å². The number of halogens is 1. The minimum absolute atomic E-state index is 0.196. The van der Waals surface area contributed by atoms with Gasteiger partial charge in [-0.3, -0.25) is 0 Å². The Labute approximate surface area is 115 Å². The third-order valence-corrected chi connectivity index (χ3v) is 4.60. The Morgan fingerprint density at radius 1 is 1.44 bits per heavy atom. The molecule has 1 heterocycles. The summed E-state index contributed by atoms with van der Waals surface area (Å²) in [4.78, 5) is 0.196. The highest BCUT2D eigenvalue weighted by molar-refractivity contribution is 9.10. The minimum atomic E-state index is -3.54. The maximum absolute atomic E-state index is 12.2. The largest absolute Gasteiger partial charge is 0.492 e. The Morgan fingerprint density at radius 3 is 2.94 bits per heavy atom. The van der Waals surface area contributed by atoms with Crippen LogP contribution in [0.5, 0.6) is 5.75 Å². The molecule has 3 N–H and O–H groups in total. The summed E-state index contributed by atoms with van der Waals surface area (Å²) in [7, 11) is -3.54. The lowest BCUT2D eigenvalue weighted by Gasteiger charge is -2.10. The lowest BCUT2D eigenvalue weighted by atomic mass is 10.2. The molecule has 1 aliphatic heterocycles. The summed E-state index contributed by atoms with van der Waals surface area (Å²) in [6, 6.07) is 3.45. The van der Waals surface area contributed by atoms with Crippen LogP contribution < -0.4 is 15.2 Å². The van der Waals surface area contributed by atoms with Gasteiger partial charge in [-0.15, -0.1) is 0 Å². The van der Waals surface area contributed by atoms with E-state index >= 15 is 0 Å². The van der Waals surface area contributed by atoms with Gasteiger partial charge in [0, 0.05) is 23.0 Å². The fourth-order valence-electron chi connectivity index (χ4n) is 1.82. The minimum Gasteiger partial charge on any atom is -0.492 e. The van der Waals surface area contributed by atoms with Crippen LogP contribution in [0.1, 0.15) is 12.0 Å². The Morgan fingerprint density at radius 2 is 2.22 bits per heavy atom. The summed E-state index contributed by atoms with van der Waals surface area (Å²) in [6.45, 7) is 1.31. The molecule has 5 nitrogen and oxygen atoms in total. The van der Waals surface area contributed by atoms with Crippen LogP contribution in [0.15, 0.2) is 21.5 Å². The number of ether oxygens (including phenoxy) is 1. The number of rotatable bonds is 5. The van der Waals surface area contributed by atoms with Crippen LogP contribution in [0.2, 0.25) is 0 Å². The van der Waals surface area contributed by atoms with Gasteiger partial charge >= 0.3 is 0 Å². The van der Waals surface area contributed by atoms with Crippen molar-refractivity contribution in [2.24, 2.45) is 5.73 Å². The molecule has 0 atom stereocenters. The summed E-state index contributed by atoms with van der Waals surface area (Å²) < 4.78 is 33.0. The van der Waals surface area contributed by atoms with Gasteiger partial charge in [0.05, 0.1) is 6.61 Å². The molecule has 18 heavy (non-hydrogen) atoms. The zero-order valence-electron chi connectivity index (χ0n) is 9.78. The van der Waals surface area contributed by atoms with E-state index in [0.29, 0.717) is 31.9 Å². The molecule has 1 aromatic rings. The van der Waals surface area contributed by atoms with Crippen molar-refractivity contribution in [1.29, 1.82) is 0 Å². The number of sulfonamides is 1. The van der Waals surface area contributed by atoms with E-state index in [1.807, 2.05) is 6.07 Å². The van der Waals surface area contributed by atoms with Gasteiger partial charge in [-0.1, -0.05) is 15.9 Å². The van der Waals surface area contributed by atoms with Crippen molar-refractivity contribution in [1.82, 2.24) is 4.72 Å². The molecule has 1 aliphatic rings. The smallest absolute Gasteiger partial charge is 0.244 e. The summed E-state index contributed by atoms with van der Waals surface area (Å²) in [5.74, 6) is 0.471. The lowest BCUT2D eigenvalue weighted by molar-refractivity contribution is 0.348. The van der Waals surface area contributed by atoms with Crippen molar-refractivity contribution in [3.63, 3.8) is 0 Å². The topological polar surface area (TPSA) is 81.4 Å². The molecular formula is C11H15BrN2O3S. The maximum atomic E-state index is 12.2. The Balaban J connectivity index is 2.33. The van der Waals surface area contributed by atoms with E-state index in [-0.39, 0.29) is 4.90 Å². The van der Waals surface area contributed by atoms with E-state index in [1.165, 1.54) is 0 Å². The standard InChI is InChI=1S/C11H15BrN2O3S/c12-9-6-8-2-5-17-11(8)10(7-9)18(15,16)14-4-1-3-13/h6-7,14H,1-5,13H2. The van der Waals surface area contributed by atoms with Crippen molar-refractivity contribution in [2.45, 2.75) is 17.7 Å². The Bertz CT molecular complexity index is 545. The van der Waals surface area contributed by atoms with Crippen LogP contribution in [-0.2, 0) is 16.4 Å². The van der Waals surface area contributed by atoms with Crippen LogP contribution in [0.25, 0.3) is 0 Å². The van der Waals surface area contributed by atoms with E-state index in [0.717, 1.165) is 16.5 Å². The maximum Gasteiger partial charge on any atom is 0.244 e. The first-order chi connectivity index (χ1) is 8.54. The van der Waals surface area contributed by atoms with Crippen LogP contribution in [0, 0.1) is 0 Å². The third kappa shape index (κ3) is 2.85. The quantitative estimate of drug-likeness (QED) is 0.787. The summed E-state index contributed by atoms with van der Waals surface area (Å²) in [5.41, 5.74) is 6.26. The molecule has 0 bridgehead atoms. The Kier molecular flexibility index (Phi) is 4.26. The number of nitrogens with one attached hydrogen (secondary N) is 1. The molecule has 0 radical (unpaired) electrons. The van der Waals surface area contributed by atoms with Gasteiger partial charge < -0.3 is 10.5 Å². The predicted molar refractivity (Wildman–Crippen MR) is 72.2 cm³/mol. The molecule has 0 aromatic heterocycles. The highest BCUT2D eigenvalue weighted by atomic mass is 79.9. The summed E-state index contributed by atoms with van der Waals surface area (Å²) in [6.07, 6.45) is 1.34. The van der Waals surface area contributed by atoms with Gasteiger partial charge in [0.15, 0.2) is 0 Å². The van der Waals surface area contributed by atoms with Crippen LogP contribution in [0.3, 0.4) is 0 Å². The molecule has 0 aliphatic carbocycles. The normalized spacial score (nSPS) is 14.3. The van der Waals surface area contributed by atoms with E-state index in [2.05, 4.69) is 20.7 Å². The second kappa shape index (κ2) is 5.56. The van der Waals surface area contributed by atoms with Crippen LogP contribution >= 0.6 is 15.9 Å². The predicted octanol–water partition coefficient (Wildman–Crippen LogP) is 1.01. The second-order valence-electron chi connectivity index (χ2n) is 4.03. The van der Waals surface area contributed by atoms with Gasteiger partial charge in [0.2, 0.25) is 10.0 Å². The van der Waals surface area contributed by atoms with Crippen LogP contribution in [-0.4, -0.2) is 28.1 Å². The zero-order chi connectivity index (χ0) is 13.2. The van der Waals surface area contributed by atoms with E-state index in [9.17, 15) is 8.42 Å². The molecule has 0 saturated heterocycles. The van der Waals surface area contributed by atoms with E-state index in [4.69, 9.17) is 10.5 Å². The van der Waals surface area contributed by atoms with Crippen molar-refractivity contribution < 1.29 is 13.2 Å². The molecule has 0 spiro atoms. The highest BCUT2D eigenvalue weighted by Crippen LogP contribution is 2.35. The fraction of sp³-hybridized carbons (Fsp3) is 0.455. The van der Waals surface area contributed by atoms with Crippen LogP contribution in [0.4, 0.5) is 0 Å².